The highest BCUT2D eigenvalue weighted by atomic mass is 17.2. The van der Waals surface area contributed by atoms with E-state index in [1.54, 1.807) is 6.08 Å². The predicted octanol–water partition coefficient (Wildman–Crippen LogP) is 18.6. The first-order chi connectivity index (χ1) is 38.0. The Hall–Kier alpha value is -7.41. The lowest BCUT2D eigenvalue weighted by Gasteiger charge is -2.30. The van der Waals surface area contributed by atoms with Gasteiger partial charge in [-0.2, -0.15) is 4.89 Å². The Morgan fingerprint density at radius 2 is 0.974 bits per heavy atom. The summed E-state index contributed by atoms with van der Waals surface area (Å²) in [4.78, 5) is 26.6. The maximum atomic E-state index is 14.1. The van der Waals surface area contributed by atoms with Gasteiger partial charge in [-0.25, -0.2) is 4.79 Å². The van der Waals surface area contributed by atoms with Crippen LogP contribution in [0.2, 0.25) is 0 Å². The van der Waals surface area contributed by atoms with Gasteiger partial charge in [-0.15, -0.1) is 0 Å². The monoisotopic (exact) mass is 1020 g/mol. The fraction of sp³-hybridized carbons (Fsp3) is 0.310. The Labute approximate surface area is 456 Å². The third-order valence-corrected chi connectivity index (χ3v) is 15.7. The van der Waals surface area contributed by atoms with Crippen LogP contribution in [0.5, 0.6) is 23.0 Å². The van der Waals surface area contributed by atoms with Crippen LogP contribution in [-0.4, -0.2) is 25.8 Å². The van der Waals surface area contributed by atoms with Crippen LogP contribution in [0.3, 0.4) is 0 Å². The standard InChI is InChI=1S/C71H74O6/c1-3-5-7-9-11-19-45-73-60-34-32-56-48-52(27-30-58(56)50-60)22-21-47-75-77-67-39-37-63(55-25-17-14-18-26-55)65-42-44-71(70(65)67)43-41-64-62(54-23-15-13-16-24-54)36-38-66(69(64)71)76-68(72)40-29-53-28-31-59-51-61(35-33-57(59)49-53)74-46-20-12-10-8-6-4-2/h13-18,21-40,48-51H,3-12,19-20,41-47H2,1-2H3/b22-21+,40-29+. The Morgan fingerprint density at radius 1 is 0.494 bits per heavy atom. The van der Waals surface area contributed by atoms with E-state index in [-0.39, 0.29) is 6.61 Å². The molecule has 77 heavy (non-hydrogen) atoms. The van der Waals surface area contributed by atoms with Crippen molar-refractivity contribution in [3.8, 4) is 45.3 Å². The number of esters is 1. The molecular weight excluding hydrogens is 949 g/mol. The first kappa shape index (κ1) is 53.0. The molecule has 1 atom stereocenters. The molecule has 0 aromatic heterocycles. The summed E-state index contributed by atoms with van der Waals surface area (Å²) in [6.45, 7) is 6.24. The molecule has 0 amide bonds. The summed E-state index contributed by atoms with van der Waals surface area (Å²) >= 11 is 0. The van der Waals surface area contributed by atoms with Crippen molar-refractivity contribution in [3.05, 3.63) is 203 Å². The van der Waals surface area contributed by atoms with Gasteiger partial charge in [0.1, 0.15) is 23.9 Å². The van der Waals surface area contributed by atoms with Gasteiger partial charge in [0.25, 0.3) is 0 Å². The van der Waals surface area contributed by atoms with Crippen molar-refractivity contribution >= 4 is 39.7 Å². The topological polar surface area (TPSA) is 63.2 Å². The van der Waals surface area contributed by atoms with Crippen LogP contribution < -0.4 is 19.1 Å². The third-order valence-electron chi connectivity index (χ3n) is 15.7. The molecule has 1 spiro atoms. The van der Waals surface area contributed by atoms with E-state index in [1.165, 1.54) is 80.9 Å². The molecule has 0 saturated heterocycles. The maximum absolute atomic E-state index is 14.1. The third kappa shape index (κ3) is 12.9. The fourth-order valence-electron chi connectivity index (χ4n) is 11.8. The number of unbranched alkanes of at least 4 members (excludes halogenated alkanes) is 10. The molecule has 0 heterocycles. The quantitative estimate of drug-likeness (QED) is 0.0134. The lowest BCUT2D eigenvalue weighted by molar-refractivity contribution is -0.196. The summed E-state index contributed by atoms with van der Waals surface area (Å²) in [5.41, 5.74) is 10.7. The van der Waals surface area contributed by atoms with Crippen molar-refractivity contribution in [1.82, 2.24) is 0 Å². The van der Waals surface area contributed by atoms with Crippen molar-refractivity contribution in [3.63, 3.8) is 0 Å². The molecule has 6 heteroatoms. The molecule has 0 fully saturated rings. The van der Waals surface area contributed by atoms with E-state index < -0.39 is 11.4 Å². The number of fused-ring (bicyclic) bond motifs is 6. The molecule has 10 rings (SSSR count). The van der Waals surface area contributed by atoms with Crippen LogP contribution in [0.1, 0.15) is 137 Å². The van der Waals surface area contributed by atoms with Crippen molar-refractivity contribution in [2.45, 2.75) is 122 Å². The molecule has 8 aromatic carbocycles. The molecule has 6 nitrogen and oxygen atoms in total. The van der Waals surface area contributed by atoms with Crippen LogP contribution in [0.4, 0.5) is 0 Å². The van der Waals surface area contributed by atoms with E-state index in [4.69, 9.17) is 24.0 Å². The SMILES string of the molecule is CCCCCCCCOc1ccc2cc(/C=C/COOc3ccc(-c4ccccc4)c4c3C3(CC4)CCc4c(-c5ccccc5)ccc(OC(=O)/C=C/c5ccc6cc(OCCCCCCCC)ccc6c5)c43)ccc2c1. The van der Waals surface area contributed by atoms with Gasteiger partial charge in [0.15, 0.2) is 5.75 Å². The second kappa shape index (κ2) is 26.1. The van der Waals surface area contributed by atoms with Gasteiger partial charge in [0, 0.05) is 22.6 Å². The summed E-state index contributed by atoms with van der Waals surface area (Å²) in [6, 6.07) is 54.8. The van der Waals surface area contributed by atoms with Gasteiger partial charge in [0.2, 0.25) is 0 Å². The molecule has 0 bridgehead atoms. The Morgan fingerprint density at radius 3 is 1.53 bits per heavy atom. The fourth-order valence-corrected chi connectivity index (χ4v) is 11.8. The Balaban J connectivity index is 0.871. The molecule has 0 radical (unpaired) electrons. The highest BCUT2D eigenvalue weighted by molar-refractivity contribution is 5.92. The normalized spacial score (nSPS) is 14.7. The summed E-state index contributed by atoms with van der Waals surface area (Å²) in [6.07, 6.45) is 25.7. The highest BCUT2D eigenvalue weighted by Gasteiger charge is 2.50. The van der Waals surface area contributed by atoms with E-state index in [9.17, 15) is 4.79 Å². The minimum atomic E-state index is -0.492. The summed E-state index contributed by atoms with van der Waals surface area (Å²) in [5.74, 6) is 2.65. The minimum Gasteiger partial charge on any atom is -0.494 e. The van der Waals surface area contributed by atoms with E-state index in [0.717, 1.165) is 124 Å². The van der Waals surface area contributed by atoms with E-state index in [2.05, 4.69) is 159 Å². The number of hydrogen-bond donors (Lipinski definition) is 0. The summed E-state index contributed by atoms with van der Waals surface area (Å²) < 4.78 is 18.7. The summed E-state index contributed by atoms with van der Waals surface area (Å²) in [7, 11) is 0. The van der Waals surface area contributed by atoms with Crippen LogP contribution in [0.15, 0.2) is 170 Å². The zero-order valence-corrected chi connectivity index (χ0v) is 45.2. The zero-order valence-electron chi connectivity index (χ0n) is 45.2. The van der Waals surface area contributed by atoms with Gasteiger partial charge < -0.3 is 19.1 Å². The summed E-state index contributed by atoms with van der Waals surface area (Å²) in [5, 5.41) is 4.50. The lowest BCUT2D eigenvalue weighted by Crippen LogP contribution is -2.24. The Kier molecular flexibility index (Phi) is 18.0. The molecule has 2 aliphatic carbocycles. The molecular formula is C71H74O6. The number of hydrogen-bond acceptors (Lipinski definition) is 6. The number of carbonyl (C=O) groups excluding carboxylic acids is 1. The molecule has 0 aliphatic heterocycles. The first-order valence-electron chi connectivity index (χ1n) is 28.6. The number of benzene rings is 8. The van der Waals surface area contributed by atoms with Gasteiger partial charge in [-0.05, 0) is 159 Å². The van der Waals surface area contributed by atoms with E-state index in [0.29, 0.717) is 11.5 Å². The largest absolute Gasteiger partial charge is 0.494 e. The Bertz CT molecular complexity index is 3310. The molecule has 0 saturated carbocycles. The van der Waals surface area contributed by atoms with Crippen LogP contribution in [0, 0.1) is 0 Å². The van der Waals surface area contributed by atoms with Gasteiger partial charge >= 0.3 is 5.97 Å². The number of carbonyl (C=O) groups is 1. The number of ether oxygens (including phenoxy) is 3. The van der Waals surface area contributed by atoms with Crippen molar-refractivity contribution in [2.75, 3.05) is 19.8 Å². The second-order valence-electron chi connectivity index (χ2n) is 21.0. The smallest absolute Gasteiger partial charge is 0.336 e. The molecule has 1 unspecified atom stereocenters. The molecule has 8 aromatic rings. The van der Waals surface area contributed by atoms with E-state index in [1.807, 2.05) is 30.4 Å². The van der Waals surface area contributed by atoms with Crippen molar-refractivity contribution in [2.24, 2.45) is 0 Å². The second-order valence-corrected chi connectivity index (χ2v) is 21.0. The zero-order chi connectivity index (χ0) is 52.7. The van der Waals surface area contributed by atoms with Gasteiger partial charge in [-0.1, -0.05) is 199 Å². The average molecular weight is 1020 g/mol. The first-order valence-corrected chi connectivity index (χ1v) is 28.6. The average Bonchev–Trinajstić information content (AvgIpc) is 4.25. The van der Waals surface area contributed by atoms with Crippen molar-refractivity contribution < 1.29 is 28.8 Å². The highest BCUT2D eigenvalue weighted by Crippen LogP contribution is 2.60. The molecule has 0 N–H and O–H groups in total. The molecule has 394 valence electrons. The van der Waals surface area contributed by atoms with Crippen LogP contribution in [0.25, 0.3) is 56.0 Å². The van der Waals surface area contributed by atoms with Gasteiger partial charge in [-0.3, -0.25) is 0 Å². The lowest BCUT2D eigenvalue weighted by atomic mass is 9.75. The minimum absolute atomic E-state index is 0.251. The number of rotatable bonds is 26. The van der Waals surface area contributed by atoms with Crippen LogP contribution in [-0.2, 0) is 27.9 Å². The molecule has 2 aliphatic rings. The maximum Gasteiger partial charge on any atom is 0.336 e. The van der Waals surface area contributed by atoms with Crippen molar-refractivity contribution in [1.29, 1.82) is 0 Å². The van der Waals surface area contributed by atoms with Crippen LogP contribution >= 0.6 is 0 Å². The van der Waals surface area contributed by atoms with Gasteiger partial charge in [0.05, 0.1) is 13.2 Å². The van der Waals surface area contributed by atoms with E-state index >= 15 is 0 Å². The predicted molar refractivity (Wildman–Crippen MR) is 317 cm³/mol.